The molecule has 1 N–H and O–H groups in total. The van der Waals surface area contributed by atoms with Crippen LogP contribution in [0.2, 0.25) is 0 Å². The molecule has 0 saturated carbocycles. The molecule has 0 aromatic rings. The average Bonchev–Trinajstić information content (AvgIpc) is 2.28. The van der Waals surface area contributed by atoms with Crippen LogP contribution in [0.25, 0.3) is 0 Å². The van der Waals surface area contributed by atoms with Crippen molar-refractivity contribution in [3.63, 3.8) is 0 Å². The molecule has 2 nitrogen and oxygen atoms in total. The van der Waals surface area contributed by atoms with Gasteiger partial charge in [-0.05, 0) is 58.4 Å². The molecular formula is C17H31NO. The summed E-state index contributed by atoms with van der Waals surface area (Å²) in [5.74, 6) is 0.610. The predicted octanol–water partition coefficient (Wildman–Crippen LogP) is 4.43. The van der Waals surface area contributed by atoms with Gasteiger partial charge < -0.3 is 4.74 Å². The molecule has 2 heteroatoms. The van der Waals surface area contributed by atoms with E-state index in [0.29, 0.717) is 18.7 Å². The lowest BCUT2D eigenvalue weighted by atomic mass is 9.89. The highest BCUT2D eigenvalue weighted by molar-refractivity contribution is 5.32. The highest BCUT2D eigenvalue weighted by Gasteiger charge is 2.18. The molecule has 0 saturated heterocycles. The van der Waals surface area contributed by atoms with E-state index in [-0.39, 0.29) is 5.60 Å². The van der Waals surface area contributed by atoms with Gasteiger partial charge in [-0.2, -0.15) is 0 Å². The van der Waals surface area contributed by atoms with Crippen LogP contribution in [0.15, 0.2) is 23.3 Å². The van der Waals surface area contributed by atoms with E-state index < -0.39 is 0 Å². The van der Waals surface area contributed by atoms with Crippen molar-refractivity contribution in [1.29, 1.82) is 0 Å². The van der Waals surface area contributed by atoms with Crippen molar-refractivity contribution in [2.45, 2.75) is 72.4 Å². The first-order valence-electron chi connectivity index (χ1n) is 7.53. The molecule has 1 rings (SSSR count). The summed E-state index contributed by atoms with van der Waals surface area (Å²) in [6.07, 6.45) is 8.25. The number of hydrogen-bond donors (Lipinski definition) is 1. The highest BCUT2D eigenvalue weighted by Crippen LogP contribution is 2.24. The van der Waals surface area contributed by atoms with E-state index in [9.17, 15) is 0 Å². The molecule has 0 fully saturated rings. The van der Waals surface area contributed by atoms with Crippen molar-refractivity contribution in [2.75, 3.05) is 6.73 Å². The van der Waals surface area contributed by atoms with E-state index in [1.54, 1.807) is 0 Å². The Morgan fingerprint density at radius 2 is 1.84 bits per heavy atom. The largest absolute Gasteiger partial charge is 0.361 e. The maximum absolute atomic E-state index is 5.78. The Morgan fingerprint density at radius 3 is 2.37 bits per heavy atom. The van der Waals surface area contributed by atoms with Gasteiger partial charge in [0.25, 0.3) is 0 Å². The van der Waals surface area contributed by atoms with Crippen LogP contribution < -0.4 is 5.32 Å². The second kappa shape index (κ2) is 7.25. The van der Waals surface area contributed by atoms with Crippen molar-refractivity contribution in [2.24, 2.45) is 5.92 Å². The molecule has 19 heavy (non-hydrogen) atoms. The van der Waals surface area contributed by atoms with Crippen molar-refractivity contribution in [1.82, 2.24) is 5.32 Å². The molecule has 1 aliphatic rings. The molecule has 0 spiro atoms. The smallest absolute Gasteiger partial charge is 0.0974 e. The number of hydrogen-bond acceptors (Lipinski definition) is 2. The maximum atomic E-state index is 5.78. The first-order chi connectivity index (χ1) is 8.79. The quantitative estimate of drug-likeness (QED) is 0.717. The van der Waals surface area contributed by atoms with E-state index in [1.807, 2.05) is 0 Å². The summed E-state index contributed by atoms with van der Waals surface area (Å²) in [6.45, 7) is 13.7. The van der Waals surface area contributed by atoms with Gasteiger partial charge >= 0.3 is 0 Å². The molecule has 0 aromatic heterocycles. The average molecular weight is 265 g/mol. The van der Waals surface area contributed by atoms with Crippen LogP contribution in [0.3, 0.4) is 0 Å². The molecule has 0 heterocycles. The van der Waals surface area contributed by atoms with Crippen molar-refractivity contribution in [3.05, 3.63) is 23.3 Å². The summed E-state index contributed by atoms with van der Waals surface area (Å²) in [5.41, 5.74) is 2.89. The second-order valence-corrected chi connectivity index (χ2v) is 6.85. The molecule has 0 radical (unpaired) electrons. The minimum Gasteiger partial charge on any atom is -0.361 e. The fourth-order valence-electron chi connectivity index (χ4n) is 2.24. The number of ether oxygens (including phenoxy) is 1. The Labute approximate surface area is 119 Å². The third kappa shape index (κ3) is 6.40. The van der Waals surface area contributed by atoms with E-state index in [0.717, 1.165) is 6.42 Å². The Kier molecular flexibility index (Phi) is 6.28. The van der Waals surface area contributed by atoms with Gasteiger partial charge in [0.05, 0.1) is 12.3 Å². The lowest BCUT2D eigenvalue weighted by Crippen LogP contribution is -2.38. The number of nitrogens with one attached hydrogen (secondary N) is 1. The zero-order chi connectivity index (χ0) is 14.5. The molecule has 1 aliphatic carbocycles. The molecule has 0 amide bonds. The molecule has 0 aliphatic heterocycles. The third-order valence-corrected chi connectivity index (χ3v) is 3.61. The van der Waals surface area contributed by atoms with Gasteiger partial charge in [-0.15, -0.1) is 0 Å². The normalized spacial score (nSPS) is 18.3. The van der Waals surface area contributed by atoms with Crippen molar-refractivity contribution in [3.8, 4) is 0 Å². The van der Waals surface area contributed by atoms with Crippen LogP contribution in [0.5, 0.6) is 0 Å². The monoisotopic (exact) mass is 265 g/mol. The molecular weight excluding hydrogens is 234 g/mol. The number of rotatable bonds is 6. The summed E-state index contributed by atoms with van der Waals surface area (Å²) < 4.78 is 5.78. The molecule has 0 unspecified atom stereocenters. The van der Waals surface area contributed by atoms with Crippen LogP contribution in [-0.4, -0.2) is 18.4 Å². The van der Waals surface area contributed by atoms with Crippen molar-refractivity contribution >= 4 is 0 Å². The van der Waals surface area contributed by atoms with Gasteiger partial charge in [-0.3, -0.25) is 5.32 Å². The molecule has 110 valence electrons. The van der Waals surface area contributed by atoms with E-state index >= 15 is 0 Å². The zero-order valence-electron chi connectivity index (χ0n) is 13.5. The summed E-state index contributed by atoms with van der Waals surface area (Å²) in [6, 6.07) is 0.482. The lowest BCUT2D eigenvalue weighted by molar-refractivity contribution is -0.0191. The summed E-state index contributed by atoms with van der Waals surface area (Å²) in [7, 11) is 0. The Bertz CT molecular complexity index is 334. The number of allylic oxidation sites excluding steroid dienone is 3. The van der Waals surface area contributed by atoms with Crippen LogP contribution in [-0.2, 0) is 4.74 Å². The lowest BCUT2D eigenvalue weighted by Gasteiger charge is -2.27. The van der Waals surface area contributed by atoms with Gasteiger partial charge in [-0.25, -0.2) is 0 Å². The third-order valence-electron chi connectivity index (χ3n) is 3.61. The Morgan fingerprint density at radius 1 is 1.21 bits per heavy atom. The predicted molar refractivity (Wildman–Crippen MR) is 83.2 cm³/mol. The first-order valence-corrected chi connectivity index (χ1v) is 7.53. The topological polar surface area (TPSA) is 21.3 Å². The Balaban J connectivity index is 2.49. The molecule has 0 aromatic carbocycles. The van der Waals surface area contributed by atoms with Crippen LogP contribution in [0, 0.1) is 5.92 Å². The van der Waals surface area contributed by atoms with Gasteiger partial charge in [0.15, 0.2) is 0 Å². The first kappa shape index (κ1) is 16.5. The Hall–Kier alpha value is -0.600. The second-order valence-electron chi connectivity index (χ2n) is 6.85. The summed E-state index contributed by atoms with van der Waals surface area (Å²) in [5, 5.41) is 3.55. The zero-order valence-corrected chi connectivity index (χ0v) is 13.5. The fourth-order valence-corrected chi connectivity index (χ4v) is 2.24. The van der Waals surface area contributed by atoms with Crippen LogP contribution in [0.4, 0.5) is 0 Å². The van der Waals surface area contributed by atoms with Crippen LogP contribution >= 0.6 is 0 Å². The maximum Gasteiger partial charge on any atom is 0.0974 e. The summed E-state index contributed by atoms with van der Waals surface area (Å²) >= 11 is 0. The molecule has 0 bridgehead atoms. The summed E-state index contributed by atoms with van der Waals surface area (Å²) in [4.78, 5) is 0. The highest BCUT2D eigenvalue weighted by atomic mass is 16.5. The van der Waals surface area contributed by atoms with Gasteiger partial charge in [0, 0.05) is 6.04 Å². The van der Waals surface area contributed by atoms with Crippen LogP contribution in [0.1, 0.15) is 60.8 Å². The van der Waals surface area contributed by atoms with E-state index in [1.165, 1.54) is 24.0 Å². The standard InChI is InChI=1S/C17H31NO/c1-13(2)16(18-12-19-17(4,5)6)11-15-10-8-7-9-14(15)3/h9-10,13,16,18H,7-8,11-12H2,1-6H3/t16-/m1/s1. The fraction of sp³-hybridized carbons (Fsp3) is 0.765. The van der Waals surface area contributed by atoms with Gasteiger partial charge in [-0.1, -0.05) is 31.6 Å². The van der Waals surface area contributed by atoms with Gasteiger partial charge in [0.2, 0.25) is 0 Å². The van der Waals surface area contributed by atoms with Gasteiger partial charge in [0.1, 0.15) is 0 Å². The molecule has 1 atom stereocenters. The van der Waals surface area contributed by atoms with E-state index in [2.05, 4.69) is 59.0 Å². The van der Waals surface area contributed by atoms with Crippen molar-refractivity contribution < 1.29 is 4.74 Å². The minimum absolute atomic E-state index is 0.0749. The SMILES string of the molecule is CC1=CCCC=C1C[C@@H](NCOC(C)(C)C)C(C)C. The minimum atomic E-state index is -0.0749. The van der Waals surface area contributed by atoms with E-state index in [4.69, 9.17) is 4.74 Å².